The number of alkyl halides is 1. The number of aliphatic carboxylic acids is 1. The van der Waals surface area contributed by atoms with Gasteiger partial charge in [0.25, 0.3) is 5.91 Å². The van der Waals surface area contributed by atoms with Crippen LogP contribution in [0.15, 0.2) is 5.51 Å². The number of rotatable bonds is 4. The fraction of sp³-hybridized carbons (Fsp3) is 0.545. The number of hydrogen-bond acceptors (Lipinski definition) is 4. The van der Waals surface area contributed by atoms with Gasteiger partial charge in [-0.1, -0.05) is 20.8 Å². The molecule has 18 heavy (non-hydrogen) atoms. The molecule has 1 aromatic rings. The fourth-order valence-electron chi connectivity index (χ4n) is 1.33. The predicted molar refractivity (Wildman–Crippen MR) is 65.7 cm³/mol. The minimum atomic E-state index is -1.52. The molecule has 1 unspecified atom stereocenters. The van der Waals surface area contributed by atoms with Gasteiger partial charge in [0.05, 0.1) is 11.2 Å². The summed E-state index contributed by atoms with van der Waals surface area (Å²) < 4.78 is 12.4. The lowest BCUT2D eigenvalue weighted by atomic mass is 9.91. The number of aromatic nitrogens is 1. The van der Waals surface area contributed by atoms with Crippen molar-refractivity contribution in [2.45, 2.75) is 32.2 Å². The summed E-state index contributed by atoms with van der Waals surface area (Å²) in [6, 6.07) is -1.52. The average Bonchev–Trinajstić information content (AvgIpc) is 2.73. The van der Waals surface area contributed by atoms with Crippen LogP contribution in [0, 0.1) is 0 Å². The molecule has 0 saturated heterocycles. The zero-order valence-corrected chi connectivity index (χ0v) is 11.2. The van der Waals surface area contributed by atoms with Gasteiger partial charge in [0.2, 0.25) is 0 Å². The third-order valence-electron chi connectivity index (χ3n) is 2.24. The topological polar surface area (TPSA) is 79.3 Å². The SMILES string of the molecule is CC(C)(C)c1ncsc1C(=O)NC(CF)C(=O)O. The number of thiazole rings is 1. The lowest BCUT2D eigenvalue weighted by molar-refractivity contribution is -0.139. The quantitative estimate of drug-likeness (QED) is 0.874. The Bertz CT molecular complexity index is 453. The Kier molecular flexibility index (Phi) is 4.39. The molecule has 0 aliphatic rings. The molecular weight excluding hydrogens is 259 g/mol. The highest BCUT2D eigenvalue weighted by molar-refractivity contribution is 7.11. The van der Waals surface area contributed by atoms with Crippen LogP contribution in [0.4, 0.5) is 4.39 Å². The van der Waals surface area contributed by atoms with Crippen LogP contribution in [-0.4, -0.2) is 34.7 Å². The molecular formula is C11H15FN2O3S. The van der Waals surface area contributed by atoms with E-state index in [-0.39, 0.29) is 5.41 Å². The maximum absolute atomic E-state index is 12.4. The number of carbonyl (C=O) groups excluding carboxylic acids is 1. The highest BCUT2D eigenvalue weighted by Crippen LogP contribution is 2.27. The highest BCUT2D eigenvalue weighted by Gasteiger charge is 2.27. The molecule has 1 rings (SSSR count). The van der Waals surface area contributed by atoms with Crippen LogP contribution in [0.25, 0.3) is 0 Å². The number of nitrogens with zero attached hydrogens (tertiary/aromatic N) is 1. The Labute approximate surface area is 108 Å². The van der Waals surface area contributed by atoms with Crippen molar-refractivity contribution < 1.29 is 19.1 Å². The number of hydrogen-bond donors (Lipinski definition) is 2. The maximum atomic E-state index is 12.4. The molecule has 1 amide bonds. The Morgan fingerprint density at radius 3 is 2.61 bits per heavy atom. The van der Waals surface area contributed by atoms with Gasteiger partial charge in [0, 0.05) is 5.41 Å². The summed E-state index contributed by atoms with van der Waals surface area (Å²) in [5.41, 5.74) is 1.76. The molecule has 0 fully saturated rings. The molecule has 2 N–H and O–H groups in total. The molecule has 0 bridgehead atoms. The van der Waals surface area contributed by atoms with E-state index in [9.17, 15) is 14.0 Å². The van der Waals surface area contributed by atoms with E-state index in [0.717, 1.165) is 11.3 Å². The Morgan fingerprint density at radius 2 is 2.17 bits per heavy atom. The van der Waals surface area contributed by atoms with E-state index in [2.05, 4.69) is 10.3 Å². The first-order chi connectivity index (χ1) is 8.27. The number of carboxylic acids is 1. The summed E-state index contributed by atoms with van der Waals surface area (Å²) in [5, 5.41) is 10.8. The first-order valence-electron chi connectivity index (χ1n) is 5.31. The monoisotopic (exact) mass is 274 g/mol. The molecule has 7 heteroatoms. The second-order valence-electron chi connectivity index (χ2n) is 4.80. The molecule has 1 atom stereocenters. The molecule has 0 saturated carbocycles. The summed E-state index contributed by atoms with van der Waals surface area (Å²) in [7, 11) is 0. The van der Waals surface area contributed by atoms with Crippen molar-refractivity contribution in [3.05, 3.63) is 16.1 Å². The van der Waals surface area contributed by atoms with Gasteiger partial charge in [-0.25, -0.2) is 14.2 Å². The fourth-order valence-corrected chi connectivity index (χ4v) is 2.23. The van der Waals surface area contributed by atoms with Gasteiger partial charge in [-0.3, -0.25) is 4.79 Å². The molecule has 1 heterocycles. The second kappa shape index (κ2) is 5.43. The van der Waals surface area contributed by atoms with Gasteiger partial charge in [-0.2, -0.15) is 0 Å². The van der Waals surface area contributed by atoms with Crippen molar-refractivity contribution in [1.82, 2.24) is 10.3 Å². The van der Waals surface area contributed by atoms with Crippen molar-refractivity contribution in [2.24, 2.45) is 0 Å². The lowest BCUT2D eigenvalue weighted by Crippen LogP contribution is -2.42. The van der Waals surface area contributed by atoms with Gasteiger partial charge in [0.15, 0.2) is 6.04 Å². The summed E-state index contributed by atoms with van der Waals surface area (Å²) in [5.74, 6) is -2.00. The Hall–Kier alpha value is -1.50. The average molecular weight is 274 g/mol. The van der Waals surface area contributed by atoms with Crippen molar-refractivity contribution >= 4 is 23.2 Å². The summed E-state index contributed by atoms with van der Waals surface area (Å²) in [6.07, 6.45) is 0. The molecule has 5 nitrogen and oxygen atoms in total. The van der Waals surface area contributed by atoms with E-state index >= 15 is 0 Å². The van der Waals surface area contributed by atoms with Crippen LogP contribution < -0.4 is 5.32 Å². The van der Waals surface area contributed by atoms with E-state index in [4.69, 9.17) is 5.11 Å². The zero-order valence-electron chi connectivity index (χ0n) is 10.4. The first-order valence-corrected chi connectivity index (χ1v) is 6.19. The molecule has 0 aliphatic carbocycles. The third-order valence-corrected chi connectivity index (χ3v) is 3.07. The zero-order chi connectivity index (χ0) is 13.9. The summed E-state index contributed by atoms with van der Waals surface area (Å²) in [6.45, 7) is 4.53. The molecule has 100 valence electrons. The maximum Gasteiger partial charge on any atom is 0.328 e. The van der Waals surface area contributed by atoms with E-state index in [1.165, 1.54) is 5.51 Å². The normalized spacial score (nSPS) is 13.1. The van der Waals surface area contributed by atoms with Crippen LogP contribution >= 0.6 is 11.3 Å². The van der Waals surface area contributed by atoms with Gasteiger partial charge < -0.3 is 10.4 Å². The molecule has 0 radical (unpaired) electrons. The molecule has 0 aliphatic heterocycles. The first kappa shape index (κ1) is 14.6. The highest BCUT2D eigenvalue weighted by atomic mass is 32.1. The number of carbonyl (C=O) groups is 2. The summed E-state index contributed by atoms with van der Waals surface area (Å²) >= 11 is 1.11. The molecule has 1 aromatic heterocycles. The standard InChI is InChI=1S/C11H15FN2O3S/c1-11(2,3)8-7(18-5-13-8)9(15)14-6(4-12)10(16)17/h5-6H,4H2,1-3H3,(H,14,15)(H,16,17). The van der Waals surface area contributed by atoms with E-state index in [0.29, 0.717) is 10.6 Å². The van der Waals surface area contributed by atoms with Gasteiger partial charge in [-0.05, 0) is 0 Å². The van der Waals surface area contributed by atoms with Gasteiger partial charge >= 0.3 is 5.97 Å². The van der Waals surface area contributed by atoms with Crippen molar-refractivity contribution in [1.29, 1.82) is 0 Å². The number of carboxylic acid groups (broad SMARTS) is 1. The van der Waals surface area contributed by atoms with Gasteiger partial charge in [0.1, 0.15) is 11.6 Å². The third kappa shape index (κ3) is 3.25. The largest absolute Gasteiger partial charge is 0.480 e. The Morgan fingerprint density at radius 1 is 1.56 bits per heavy atom. The Balaban J connectivity index is 2.92. The minimum Gasteiger partial charge on any atom is -0.480 e. The van der Waals surface area contributed by atoms with Gasteiger partial charge in [-0.15, -0.1) is 11.3 Å². The molecule has 0 spiro atoms. The number of nitrogens with one attached hydrogen (secondary N) is 1. The second-order valence-corrected chi connectivity index (χ2v) is 5.65. The summed E-state index contributed by atoms with van der Waals surface area (Å²) in [4.78, 5) is 27.0. The van der Waals surface area contributed by atoms with Crippen LogP contribution in [0.2, 0.25) is 0 Å². The van der Waals surface area contributed by atoms with Crippen LogP contribution in [-0.2, 0) is 10.2 Å². The van der Waals surface area contributed by atoms with E-state index in [1.54, 1.807) is 0 Å². The lowest BCUT2D eigenvalue weighted by Gasteiger charge is -2.18. The van der Waals surface area contributed by atoms with Crippen LogP contribution in [0.3, 0.4) is 0 Å². The van der Waals surface area contributed by atoms with Crippen LogP contribution in [0.1, 0.15) is 36.1 Å². The van der Waals surface area contributed by atoms with Crippen LogP contribution in [0.5, 0.6) is 0 Å². The predicted octanol–water partition coefficient (Wildman–Crippen LogP) is 1.59. The number of amides is 1. The smallest absolute Gasteiger partial charge is 0.328 e. The minimum absolute atomic E-state index is 0.321. The van der Waals surface area contributed by atoms with E-state index < -0.39 is 24.6 Å². The van der Waals surface area contributed by atoms with E-state index in [1.807, 2.05) is 20.8 Å². The molecule has 0 aromatic carbocycles. The van der Waals surface area contributed by atoms with Crippen molar-refractivity contribution in [3.63, 3.8) is 0 Å². The van der Waals surface area contributed by atoms with Crippen molar-refractivity contribution in [2.75, 3.05) is 6.67 Å². The number of halogens is 1. The van der Waals surface area contributed by atoms with Crippen molar-refractivity contribution in [3.8, 4) is 0 Å².